The summed E-state index contributed by atoms with van der Waals surface area (Å²) in [6, 6.07) is 0. The van der Waals surface area contributed by atoms with E-state index in [-0.39, 0.29) is 41.0 Å². The maximum atomic E-state index is 9.26. The normalized spacial score (nSPS) is 6.50. The Morgan fingerprint density at radius 2 is 0.778 bits per heavy atom. The third-order valence-corrected chi connectivity index (χ3v) is 0.866. The van der Waals surface area contributed by atoms with Crippen molar-refractivity contribution >= 4 is 17.9 Å². The molecule has 6 nitrogen and oxygen atoms in total. The molecule has 0 saturated heterocycles. The summed E-state index contributed by atoms with van der Waals surface area (Å²) < 4.78 is 0. The molecule has 104 valence electrons. The van der Waals surface area contributed by atoms with Crippen LogP contribution in [-0.4, -0.2) is 17.9 Å². The van der Waals surface area contributed by atoms with Crippen molar-refractivity contribution < 1.29 is 51.4 Å². The molecular formula is C11H20O6Ti. The SMILES string of the molecule is CCC(=O)[O-].CCC(=O)[O-].CCC(=O)[O-].[CH2-]C.[Ti+4]. The number of carboxylic acids is 3. The first-order valence-corrected chi connectivity index (χ1v) is 5.11. The number of carboxylic acid groups (broad SMARTS) is 3. The summed E-state index contributed by atoms with van der Waals surface area (Å²) in [5.41, 5.74) is 0. The average Bonchev–Trinajstić information content (AvgIpc) is 2.32. The van der Waals surface area contributed by atoms with Gasteiger partial charge >= 0.3 is 21.7 Å². The van der Waals surface area contributed by atoms with Crippen molar-refractivity contribution in [2.24, 2.45) is 0 Å². The van der Waals surface area contributed by atoms with Gasteiger partial charge < -0.3 is 36.6 Å². The predicted octanol–water partition coefficient (Wildman–Crippen LogP) is -1.72. The first kappa shape index (κ1) is 30.3. The Hall–Kier alpha value is -0.876. The molecule has 0 amide bonds. The second-order valence-corrected chi connectivity index (χ2v) is 2.18. The number of rotatable bonds is 3. The van der Waals surface area contributed by atoms with Crippen LogP contribution in [0, 0.1) is 6.92 Å². The van der Waals surface area contributed by atoms with E-state index < -0.39 is 17.9 Å². The van der Waals surface area contributed by atoms with Crippen LogP contribution >= 0.6 is 0 Å². The van der Waals surface area contributed by atoms with Gasteiger partial charge in [-0.25, -0.2) is 0 Å². The van der Waals surface area contributed by atoms with Crippen molar-refractivity contribution in [2.45, 2.75) is 47.0 Å². The van der Waals surface area contributed by atoms with E-state index in [1.54, 1.807) is 6.92 Å². The second kappa shape index (κ2) is 29.8. The molecule has 18 heavy (non-hydrogen) atoms. The van der Waals surface area contributed by atoms with Crippen LogP contribution in [0.3, 0.4) is 0 Å². The maximum absolute atomic E-state index is 9.26. The van der Waals surface area contributed by atoms with E-state index in [1.165, 1.54) is 20.8 Å². The molecule has 0 saturated carbocycles. The molecule has 0 atom stereocenters. The van der Waals surface area contributed by atoms with Crippen molar-refractivity contribution in [1.82, 2.24) is 0 Å². The van der Waals surface area contributed by atoms with Crippen LogP contribution in [0.2, 0.25) is 0 Å². The van der Waals surface area contributed by atoms with Gasteiger partial charge in [0.15, 0.2) is 0 Å². The number of hydrogen-bond donors (Lipinski definition) is 0. The number of carbonyl (C=O) groups is 3. The summed E-state index contributed by atoms with van der Waals surface area (Å²) in [4.78, 5) is 27.8. The Morgan fingerprint density at radius 1 is 0.722 bits per heavy atom. The van der Waals surface area contributed by atoms with Gasteiger partial charge in [-0.05, 0) is 19.3 Å². The molecule has 0 aromatic rings. The molecule has 0 spiro atoms. The van der Waals surface area contributed by atoms with Crippen LogP contribution in [0.1, 0.15) is 47.0 Å². The molecule has 0 heterocycles. The van der Waals surface area contributed by atoms with Crippen LogP contribution in [-0.2, 0) is 36.1 Å². The summed E-state index contributed by atoms with van der Waals surface area (Å²) in [5.74, 6) is -2.99. The van der Waals surface area contributed by atoms with Gasteiger partial charge in [0.25, 0.3) is 0 Å². The van der Waals surface area contributed by atoms with Gasteiger partial charge in [-0.2, -0.15) is 6.92 Å². The Kier molecular flexibility index (Phi) is 50.2. The summed E-state index contributed by atoms with van der Waals surface area (Å²) in [5, 5.41) is 27.8. The van der Waals surface area contributed by atoms with Gasteiger partial charge in [0.05, 0.1) is 0 Å². The summed E-state index contributed by atoms with van der Waals surface area (Å²) in [7, 11) is 0. The van der Waals surface area contributed by atoms with E-state index in [0.29, 0.717) is 0 Å². The quantitative estimate of drug-likeness (QED) is 0.451. The van der Waals surface area contributed by atoms with Gasteiger partial charge in [0.2, 0.25) is 0 Å². The third-order valence-electron chi connectivity index (χ3n) is 0.866. The predicted molar refractivity (Wildman–Crippen MR) is 56.9 cm³/mol. The van der Waals surface area contributed by atoms with Gasteiger partial charge in [0.1, 0.15) is 0 Å². The van der Waals surface area contributed by atoms with E-state index in [2.05, 4.69) is 6.92 Å². The van der Waals surface area contributed by atoms with Crippen LogP contribution in [0.4, 0.5) is 0 Å². The van der Waals surface area contributed by atoms with Gasteiger partial charge in [0, 0.05) is 17.9 Å². The molecule has 0 aromatic heterocycles. The summed E-state index contributed by atoms with van der Waals surface area (Å²) in [6.45, 7) is 9.61. The van der Waals surface area contributed by atoms with Crippen molar-refractivity contribution in [1.29, 1.82) is 0 Å². The fourth-order valence-corrected chi connectivity index (χ4v) is 0. The average molecular weight is 296 g/mol. The van der Waals surface area contributed by atoms with Crippen molar-refractivity contribution in [3.8, 4) is 0 Å². The summed E-state index contributed by atoms with van der Waals surface area (Å²) >= 11 is 0. The van der Waals surface area contributed by atoms with E-state index in [4.69, 9.17) is 0 Å². The topological polar surface area (TPSA) is 120 Å². The van der Waals surface area contributed by atoms with Crippen LogP contribution in [0.15, 0.2) is 0 Å². The fraction of sp³-hybridized carbons (Fsp3) is 0.636. The molecule has 0 aliphatic carbocycles. The zero-order chi connectivity index (χ0) is 14.9. The van der Waals surface area contributed by atoms with Crippen LogP contribution < -0.4 is 15.3 Å². The molecule has 0 aromatic carbocycles. The summed E-state index contributed by atoms with van der Waals surface area (Å²) in [6.07, 6.45) is 0.333. The Morgan fingerprint density at radius 3 is 0.778 bits per heavy atom. The fourth-order valence-electron chi connectivity index (χ4n) is 0. The molecule has 7 heteroatoms. The minimum absolute atomic E-state index is 0. The number of carbonyl (C=O) groups excluding carboxylic acids is 3. The molecule has 0 N–H and O–H groups in total. The molecular weight excluding hydrogens is 276 g/mol. The zero-order valence-electron chi connectivity index (χ0n) is 11.3. The van der Waals surface area contributed by atoms with E-state index in [9.17, 15) is 29.7 Å². The number of hydrogen-bond acceptors (Lipinski definition) is 6. The molecule has 0 rings (SSSR count). The molecule has 0 radical (unpaired) electrons. The van der Waals surface area contributed by atoms with Crippen molar-refractivity contribution in [3.05, 3.63) is 6.92 Å². The monoisotopic (exact) mass is 296 g/mol. The van der Waals surface area contributed by atoms with E-state index in [0.717, 1.165) is 0 Å². The Balaban J connectivity index is -0.0000000427. The first-order valence-electron chi connectivity index (χ1n) is 5.11. The number of aliphatic carboxylic acids is 3. The van der Waals surface area contributed by atoms with Crippen molar-refractivity contribution in [2.75, 3.05) is 0 Å². The van der Waals surface area contributed by atoms with E-state index in [1.807, 2.05) is 0 Å². The standard InChI is InChI=1S/3C3H6O2.C2H5.Ti/c3*1-2-3(4)5;1-2;/h3*2H2,1H3,(H,4,5);1H2,2H3;/q;;;-1;+4/p-3. The van der Waals surface area contributed by atoms with E-state index >= 15 is 0 Å². The minimum atomic E-state index is -0.995. The first-order chi connectivity index (χ1) is 7.81. The Labute approximate surface area is 123 Å². The largest absolute Gasteiger partial charge is 4.00 e. The van der Waals surface area contributed by atoms with Crippen LogP contribution in [0.5, 0.6) is 0 Å². The van der Waals surface area contributed by atoms with Crippen molar-refractivity contribution in [3.63, 3.8) is 0 Å². The zero-order valence-corrected chi connectivity index (χ0v) is 12.8. The Bertz CT molecular complexity index is 161. The molecule has 0 unspecified atom stereocenters. The molecule has 0 aliphatic heterocycles. The third kappa shape index (κ3) is 115. The van der Waals surface area contributed by atoms with Gasteiger partial charge in [-0.15, -0.1) is 0 Å². The maximum Gasteiger partial charge on any atom is 4.00 e. The molecule has 0 aliphatic rings. The molecule has 0 bridgehead atoms. The van der Waals surface area contributed by atoms with Gasteiger partial charge in [-0.3, -0.25) is 0 Å². The second-order valence-electron chi connectivity index (χ2n) is 2.18. The smallest absolute Gasteiger partial charge is 0.550 e. The van der Waals surface area contributed by atoms with Crippen LogP contribution in [0.25, 0.3) is 0 Å². The van der Waals surface area contributed by atoms with Gasteiger partial charge in [-0.1, -0.05) is 20.8 Å². The minimum Gasteiger partial charge on any atom is -0.550 e. The molecule has 0 fully saturated rings.